The van der Waals surface area contributed by atoms with Crippen LogP contribution in [0.4, 0.5) is 0 Å². The highest BCUT2D eigenvalue weighted by molar-refractivity contribution is 7.89. The molecule has 5 heteroatoms. The molecule has 0 saturated carbocycles. The minimum absolute atomic E-state index is 0.0148. The van der Waals surface area contributed by atoms with Gasteiger partial charge in [-0.05, 0) is 43.0 Å². The number of rotatable bonds is 5. The first-order valence-corrected chi connectivity index (χ1v) is 10.4. The Labute approximate surface area is 149 Å². The van der Waals surface area contributed by atoms with E-state index in [0.29, 0.717) is 11.1 Å². The molecule has 0 N–H and O–H groups in total. The fourth-order valence-corrected chi connectivity index (χ4v) is 4.70. The standard InChI is InChI=1S/C20H23NO3S/c1-16-5-4-6-18(13-16)15-25(23,24)14-17-7-9-19(10-8-17)20(22)21-11-2-3-12-21/h4-10,13H,2-3,11-12,14-15H2,1H3. The zero-order valence-electron chi connectivity index (χ0n) is 14.4. The van der Waals surface area contributed by atoms with Crippen LogP contribution in [0.15, 0.2) is 48.5 Å². The highest BCUT2D eigenvalue weighted by Gasteiger charge is 2.19. The van der Waals surface area contributed by atoms with Gasteiger partial charge in [0.1, 0.15) is 0 Å². The summed E-state index contributed by atoms with van der Waals surface area (Å²) in [6.07, 6.45) is 2.11. The van der Waals surface area contributed by atoms with Gasteiger partial charge in [-0.3, -0.25) is 4.79 Å². The van der Waals surface area contributed by atoms with Crippen molar-refractivity contribution in [2.45, 2.75) is 31.3 Å². The van der Waals surface area contributed by atoms with Gasteiger partial charge in [-0.1, -0.05) is 42.0 Å². The lowest BCUT2D eigenvalue weighted by molar-refractivity contribution is 0.0793. The predicted octanol–water partition coefficient (Wildman–Crippen LogP) is 3.35. The number of aryl methyl sites for hydroxylation is 1. The van der Waals surface area contributed by atoms with Gasteiger partial charge in [-0.2, -0.15) is 0 Å². The summed E-state index contributed by atoms with van der Waals surface area (Å²) >= 11 is 0. The van der Waals surface area contributed by atoms with E-state index in [1.807, 2.05) is 36.1 Å². The molecule has 1 aliphatic rings. The first kappa shape index (κ1) is 17.7. The van der Waals surface area contributed by atoms with E-state index in [2.05, 4.69) is 0 Å². The number of sulfone groups is 1. The van der Waals surface area contributed by atoms with E-state index in [4.69, 9.17) is 0 Å². The number of likely N-dealkylation sites (tertiary alicyclic amines) is 1. The summed E-state index contributed by atoms with van der Waals surface area (Å²) in [5, 5.41) is 0. The number of benzene rings is 2. The molecule has 1 fully saturated rings. The Morgan fingerprint density at radius 1 is 0.960 bits per heavy atom. The Bertz CT molecular complexity index is 851. The Morgan fingerprint density at radius 2 is 1.60 bits per heavy atom. The second-order valence-corrected chi connectivity index (χ2v) is 8.78. The molecular formula is C20H23NO3S. The number of hydrogen-bond donors (Lipinski definition) is 0. The summed E-state index contributed by atoms with van der Waals surface area (Å²) in [5.74, 6) is 0.0501. The average molecular weight is 357 g/mol. The molecule has 0 radical (unpaired) electrons. The molecule has 1 saturated heterocycles. The maximum atomic E-state index is 12.4. The number of amides is 1. The van der Waals surface area contributed by atoms with E-state index in [-0.39, 0.29) is 17.4 Å². The molecule has 25 heavy (non-hydrogen) atoms. The topological polar surface area (TPSA) is 54.5 Å². The number of hydrogen-bond acceptors (Lipinski definition) is 3. The van der Waals surface area contributed by atoms with Crippen LogP contribution in [0.1, 0.15) is 39.9 Å². The maximum absolute atomic E-state index is 12.4. The van der Waals surface area contributed by atoms with Crippen molar-refractivity contribution in [3.63, 3.8) is 0 Å². The molecule has 132 valence electrons. The van der Waals surface area contributed by atoms with E-state index < -0.39 is 9.84 Å². The third-order valence-corrected chi connectivity index (χ3v) is 6.00. The molecule has 1 heterocycles. The van der Waals surface area contributed by atoms with Gasteiger partial charge < -0.3 is 4.90 Å². The molecule has 1 amide bonds. The van der Waals surface area contributed by atoms with Crippen LogP contribution in [0.25, 0.3) is 0 Å². The third kappa shape index (κ3) is 4.69. The summed E-state index contributed by atoms with van der Waals surface area (Å²) in [5.41, 5.74) is 3.20. The molecule has 0 aromatic heterocycles. The fraction of sp³-hybridized carbons (Fsp3) is 0.350. The van der Waals surface area contributed by atoms with Gasteiger partial charge in [0.15, 0.2) is 9.84 Å². The molecule has 0 spiro atoms. The lowest BCUT2D eigenvalue weighted by Gasteiger charge is -2.15. The maximum Gasteiger partial charge on any atom is 0.253 e. The lowest BCUT2D eigenvalue weighted by atomic mass is 10.1. The third-order valence-electron chi connectivity index (χ3n) is 4.45. The first-order chi connectivity index (χ1) is 11.9. The van der Waals surface area contributed by atoms with E-state index in [9.17, 15) is 13.2 Å². The van der Waals surface area contributed by atoms with Crippen molar-refractivity contribution in [1.82, 2.24) is 4.90 Å². The van der Waals surface area contributed by atoms with Crippen LogP contribution >= 0.6 is 0 Å². The number of carbonyl (C=O) groups is 1. The van der Waals surface area contributed by atoms with Crippen molar-refractivity contribution < 1.29 is 13.2 Å². The van der Waals surface area contributed by atoms with E-state index in [0.717, 1.165) is 37.1 Å². The molecule has 0 bridgehead atoms. The predicted molar refractivity (Wildman–Crippen MR) is 99.1 cm³/mol. The van der Waals surface area contributed by atoms with Gasteiger partial charge >= 0.3 is 0 Å². The number of nitrogens with zero attached hydrogens (tertiary/aromatic N) is 1. The molecule has 4 nitrogen and oxygen atoms in total. The smallest absolute Gasteiger partial charge is 0.253 e. The minimum atomic E-state index is -3.25. The lowest BCUT2D eigenvalue weighted by Crippen LogP contribution is -2.27. The van der Waals surface area contributed by atoms with Gasteiger partial charge in [0.05, 0.1) is 11.5 Å². The Balaban J connectivity index is 1.67. The van der Waals surface area contributed by atoms with Crippen LogP contribution in [0.5, 0.6) is 0 Å². The van der Waals surface area contributed by atoms with E-state index in [1.54, 1.807) is 24.3 Å². The molecule has 0 aliphatic carbocycles. The SMILES string of the molecule is Cc1cccc(CS(=O)(=O)Cc2ccc(C(=O)N3CCCC3)cc2)c1. The summed E-state index contributed by atoms with van der Waals surface area (Å²) in [6.45, 7) is 3.57. The minimum Gasteiger partial charge on any atom is -0.339 e. The summed E-state index contributed by atoms with van der Waals surface area (Å²) in [7, 11) is -3.25. The highest BCUT2D eigenvalue weighted by Crippen LogP contribution is 2.17. The van der Waals surface area contributed by atoms with Crippen molar-refractivity contribution >= 4 is 15.7 Å². The second kappa shape index (κ2) is 7.40. The van der Waals surface area contributed by atoms with Crippen LogP contribution in [-0.4, -0.2) is 32.3 Å². The van der Waals surface area contributed by atoms with Crippen LogP contribution in [0.2, 0.25) is 0 Å². The Hall–Kier alpha value is -2.14. The molecule has 1 aliphatic heterocycles. The van der Waals surface area contributed by atoms with Crippen molar-refractivity contribution in [3.05, 3.63) is 70.8 Å². The molecule has 2 aromatic carbocycles. The molecule has 0 unspecified atom stereocenters. The van der Waals surface area contributed by atoms with Crippen LogP contribution < -0.4 is 0 Å². The van der Waals surface area contributed by atoms with Crippen LogP contribution in [0, 0.1) is 6.92 Å². The largest absolute Gasteiger partial charge is 0.339 e. The fourth-order valence-electron chi connectivity index (χ4n) is 3.21. The molecule has 3 rings (SSSR count). The van der Waals surface area contributed by atoms with Gasteiger partial charge in [0, 0.05) is 18.7 Å². The quantitative estimate of drug-likeness (QED) is 0.825. The van der Waals surface area contributed by atoms with Crippen molar-refractivity contribution in [2.75, 3.05) is 13.1 Å². The Morgan fingerprint density at radius 3 is 2.24 bits per heavy atom. The molecular weight excluding hydrogens is 334 g/mol. The summed E-state index contributed by atoms with van der Waals surface area (Å²) < 4.78 is 24.9. The van der Waals surface area contributed by atoms with Gasteiger partial charge in [-0.15, -0.1) is 0 Å². The van der Waals surface area contributed by atoms with Crippen LogP contribution in [-0.2, 0) is 21.3 Å². The average Bonchev–Trinajstić information content (AvgIpc) is 3.08. The van der Waals surface area contributed by atoms with E-state index in [1.165, 1.54) is 0 Å². The molecule has 2 aromatic rings. The van der Waals surface area contributed by atoms with Crippen molar-refractivity contribution in [2.24, 2.45) is 0 Å². The monoisotopic (exact) mass is 357 g/mol. The van der Waals surface area contributed by atoms with E-state index >= 15 is 0 Å². The zero-order chi connectivity index (χ0) is 17.9. The van der Waals surface area contributed by atoms with Crippen molar-refractivity contribution in [1.29, 1.82) is 0 Å². The second-order valence-electron chi connectivity index (χ2n) is 6.72. The number of carbonyl (C=O) groups excluding carboxylic acids is 1. The Kier molecular flexibility index (Phi) is 5.23. The highest BCUT2D eigenvalue weighted by atomic mass is 32.2. The van der Waals surface area contributed by atoms with Crippen molar-refractivity contribution in [3.8, 4) is 0 Å². The summed E-state index contributed by atoms with van der Waals surface area (Å²) in [6, 6.07) is 14.5. The zero-order valence-corrected chi connectivity index (χ0v) is 15.3. The normalized spacial score (nSPS) is 14.7. The van der Waals surface area contributed by atoms with Gasteiger partial charge in [-0.25, -0.2) is 8.42 Å². The van der Waals surface area contributed by atoms with Gasteiger partial charge in [0.25, 0.3) is 5.91 Å². The summed E-state index contributed by atoms with van der Waals surface area (Å²) in [4.78, 5) is 14.2. The molecule has 0 atom stereocenters. The van der Waals surface area contributed by atoms with Crippen LogP contribution in [0.3, 0.4) is 0 Å². The first-order valence-electron chi connectivity index (χ1n) is 8.57. The van der Waals surface area contributed by atoms with Gasteiger partial charge in [0.2, 0.25) is 0 Å².